The molecule has 40 heavy (non-hydrogen) atoms. The summed E-state index contributed by atoms with van der Waals surface area (Å²) in [5.74, 6) is 0.864. The number of aryl methyl sites for hydroxylation is 2. The summed E-state index contributed by atoms with van der Waals surface area (Å²) in [6, 6.07) is 10.8. The molecule has 1 aliphatic carbocycles. The highest BCUT2D eigenvalue weighted by Gasteiger charge is 2.34. The highest BCUT2D eigenvalue weighted by Crippen LogP contribution is 2.35. The average Bonchev–Trinajstić information content (AvgIpc) is 3.17. The molecule has 2 aromatic rings. The van der Waals surface area contributed by atoms with Gasteiger partial charge in [0.2, 0.25) is 0 Å². The molecule has 0 bridgehead atoms. The van der Waals surface area contributed by atoms with E-state index in [-0.39, 0.29) is 12.6 Å². The summed E-state index contributed by atoms with van der Waals surface area (Å²) in [4.78, 5) is 11.5. The van der Waals surface area contributed by atoms with Crippen LogP contribution in [-0.4, -0.2) is 44.3 Å². The first-order chi connectivity index (χ1) is 18.8. The standard InChI is InChI=1S/C31H38N2O6S/c1-21-10-13-25(39-26-14-11-24(12-15-26)33-20-29(34)32-40(33,36)37)8-6-7-9-28(21)30-22(2)18-27(19-23(30)3)38-17-16-31(4,5)35/h6-7,9,11-12,14-15,18-19,25,35H,1,8,10,13,16-17,20H2,2-5H3,(H,32,34)/b7-6-,28-9?/t25-/m0/s1. The first kappa shape index (κ1) is 29.4. The predicted octanol–water partition coefficient (Wildman–Crippen LogP) is 5.15. The van der Waals surface area contributed by atoms with Crippen LogP contribution in [0.3, 0.4) is 0 Å². The number of carbonyl (C=O) groups excluding carboxylic acids is 1. The first-order valence-electron chi connectivity index (χ1n) is 13.4. The molecule has 214 valence electrons. The summed E-state index contributed by atoms with van der Waals surface area (Å²) in [5.41, 5.74) is 5.09. The number of carbonyl (C=O) groups is 1. The molecule has 8 nitrogen and oxygen atoms in total. The van der Waals surface area contributed by atoms with Gasteiger partial charge in [-0.3, -0.25) is 4.79 Å². The fourth-order valence-electron chi connectivity index (χ4n) is 4.88. The van der Waals surface area contributed by atoms with Crippen molar-refractivity contribution in [3.05, 3.63) is 83.5 Å². The molecule has 4 rings (SSSR count). The van der Waals surface area contributed by atoms with Crippen molar-refractivity contribution < 1.29 is 27.8 Å². The molecule has 1 atom stereocenters. The lowest BCUT2D eigenvalue weighted by Crippen LogP contribution is -2.29. The van der Waals surface area contributed by atoms with Crippen molar-refractivity contribution in [1.29, 1.82) is 0 Å². The van der Waals surface area contributed by atoms with E-state index in [0.717, 1.165) is 50.7 Å². The van der Waals surface area contributed by atoms with Crippen molar-refractivity contribution in [2.75, 3.05) is 17.5 Å². The molecule has 1 fully saturated rings. The number of aliphatic hydroxyl groups is 1. The van der Waals surface area contributed by atoms with Crippen LogP contribution in [0.25, 0.3) is 5.57 Å². The van der Waals surface area contributed by atoms with Gasteiger partial charge in [-0.1, -0.05) is 24.8 Å². The Morgan fingerprint density at radius 3 is 2.40 bits per heavy atom. The summed E-state index contributed by atoms with van der Waals surface area (Å²) in [5, 5.41) is 9.95. The van der Waals surface area contributed by atoms with Crippen molar-refractivity contribution in [2.24, 2.45) is 0 Å². The average molecular weight is 567 g/mol. The van der Waals surface area contributed by atoms with Crippen LogP contribution in [0.2, 0.25) is 0 Å². The van der Waals surface area contributed by atoms with Crippen LogP contribution >= 0.6 is 0 Å². The van der Waals surface area contributed by atoms with Gasteiger partial charge in [0.05, 0.1) is 17.9 Å². The zero-order valence-electron chi connectivity index (χ0n) is 23.6. The maximum atomic E-state index is 12.1. The molecule has 1 aliphatic heterocycles. The van der Waals surface area contributed by atoms with E-state index < -0.39 is 21.7 Å². The second-order valence-corrected chi connectivity index (χ2v) is 12.6. The van der Waals surface area contributed by atoms with Crippen molar-refractivity contribution in [2.45, 2.75) is 65.1 Å². The lowest BCUT2D eigenvalue weighted by molar-refractivity contribution is -0.117. The molecule has 1 saturated heterocycles. The Bertz CT molecular complexity index is 1410. The van der Waals surface area contributed by atoms with Crippen molar-refractivity contribution in [3.63, 3.8) is 0 Å². The molecule has 0 aromatic heterocycles. The second-order valence-electron chi connectivity index (χ2n) is 11.0. The summed E-state index contributed by atoms with van der Waals surface area (Å²) in [6.45, 7) is 12.3. The minimum atomic E-state index is -3.84. The SMILES string of the molecule is C=C1CC[C@@H](Oc2ccc(N3CC(=O)NS3(=O)=O)cc2)C/C=C\C=C1c1c(C)cc(OCCC(C)(C)O)cc1C. The Hall–Kier alpha value is -3.56. The van der Waals surface area contributed by atoms with Gasteiger partial charge in [-0.2, -0.15) is 8.42 Å². The number of allylic oxidation sites excluding steroid dienone is 4. The smallest absolute Gasteiger partial charge is 0.326 e. The van der Waals surface area contributed by atoms with Crippen molar-refractivity contribution in [1.82, 2.24) is 4.72 Å². The molecule has 0 spiro atoms. The maximum absolute atomic E-state index is 12.1. The van der Waals surface area contributed by atoms with Gasteiger partial charge in [-0.25, -0.2) is 9.03 Å². The highest BCUT2D eigenvalue weighted by atomic mass is 32.2. The molecule has 2 aliphatic rings. The Morgan fingerprint density at radius 1 is 1.12 bits per heavy atom. The number of amides is 1. The van der Waals surface area contributed by atoms with Crippen LogP contribution in [0.4, 0.5) is 5.69 Å². The molecule has 1 heterocycles. The zero-order valence-corrected chi connectivity index (χ0v) is 24.4. The Kier molecular flexibility index (Phi) is 8.75. The van der Waals surface area contributed by atoms with Gasteiger partial charge in [0.1, 0.15) is 24.1 Å². The second kappa shape index (κ2) is 11.9. The number of hydrogen-bond acceptors (Lipinski definition) is 6. The van der Waals surface area contributed by atoms with E-state index in [0.29, 0.717) is 30.9 Å². The van der Waals surface area contributed by atoms with Crippen LogP contribution in [0.5, 0.6) is 11.5 Å². The van der Waals surface area contributed by atoms with E-state index in [4.69, 9.17) is 9.47 Å². The lowest BCUT2D eigenvalue weighted by atomic mass is 9.89. The molecular weight excluding hydrogens is 528 g/mol. The third-order valence-corrected chi connectivity index (χ3v) is 8.36. The summed E-state index contributed by atoms with van der Waals surface area (Å²) >= 11 is 0. The van der Waals surface area contributed by atoms with Crippen molar-refractivity contribution >= 4 is 27.4 Å². The van der Waals surface area contributed by atoms with Crippen LogP contribution in [0, 0.1) is 13.8 Å². The molecule has 0 saturated carbocycles. The normalized spacial score (nSPS) is 20.2. The van der Waals surface area contributed by atoms with E-state index in [1.165, 1.54) is 0 Å². The predicted molar refractivity (Wildman–Crippen MR) is 158 cm³/mol. The fraction of sp³-hybridized carbons (Fsp3) is 0.387. The highest BCUT2D eigenvalue weighted by molar-refractivity contribution is 7.92. The van der Waals surface area contributed by atoms with E-state index in [9.17, 15) is 18.3 Å². The van der Waals surface area contributed by atoms with E-state index in [2.05, 4.69) is 32.6 Å². The minimum absolute atomic E-state index is 0.0842. The number of ether oxygens (including phenoxy) is 2. The van der Waals surface area contributed by atoms with Gasteiger partial charge in [0, 0.05) is 12.8 Å². The number of benzene rings is 2. The van der Waals surface area contributed by atoms with E-state index in [1.54, 1.807) is 38.1 Å². The fourth-order valence-corrected chi connectivity index (χ4v) is 6.03. The monoisotopic (exact) mass is 566 g/mol. The summed E-state index contributed by atoms with van der Waals surface area (Å²) < 4.78 is 39.4. The molecule has 9 heteroatoms. The van der Waals surface area contributed by atoms with E-state index >= 15 is 0 Å². The first-order valence-corrected chi connectivity index (χ1v) is 14.9. The van der Waals surface area contributed by atoms with Crippen LogP contribution in [0.1, 0.15) is 56.2 Å². The quantitative estimate of drug-likeness (QED) is 0.458. The largest absolute Gasteiger partial charge is 0.493 e. The third-order valence-electron chi connectivity index (χ3n) is 6.95. The molecule has 2 aromatic carbocycles. The van der Waals surface area contributed by atoms with Gasteiger partial charge >= 0.3 is 10.2 Å². The number of nitrogens with zero attached hydrogens (tertiary/aromatic N) is 1. The van der Waals surface area contributed by atoms with Gasteiger partial charge < -0.3 is 14.6 Å². The Labute approximate surface area is 237 Å². The van der Waals surface area contributed by atoms with Gasteiger partial charge in [0.15, 0.2) is 0 Å². The zero-order chi connectivity index (χ0) is 29.1. The minimum Gasteiger partial charge on any atom is -0.493 e. The van der Waals surface area contributed by atoms with Gasteiger partial charge in [0.25, 0.3) is 5.91 Å². The molecule has 2 N–H and O–H groups in total. The van der Waals surface area contributed by atoms with Gasteiger partial charge in [-0.15, -0.1) is 0 Å². The van der Waals surface area contributed by atoms with Crippen LogP contribution in [0.15, 0.2) is 66.8 Å². The topological polar surface area (TPSA) is 105 Å². The number of hydrogen-bond donors (Lipinski definition) is 2. The molecule has 0 radical (unpaired) electrons. The number of rotatable bonds is 8. The lowest BCUT2D eigenvalue weighted by Gasteiger charge is -2.21. The third kappa shape index (κ3) is 7.34. The van der Waals surface area contributed by atoms with Crippen LogP contribution < -0.4 is 18.5 Å². The number of anilines is 1. The van der Waals surface area contributed by atoms with Crippen molar-refractivity contribution in [3.8, 4) is 11.5 Å². The molecule has 0 unspecified atom stereocenters. The van der Waals surface area contributed by atoms with Gasteiger partial charge in [-0.05, 0) is 105 Å². The summed E-state index contributed by atoms with van der Waals surface area (Å²) in [6.07, 6.45) is 8.92. The van der Waals surface area contributed by atoms with E-state index in [1.807, 2.05) is 22.9 Å². The number of nitrogens with one attached hydrogen (secondary N) is 1. The Balaban J connectivity index is 1.41. The maximum Gasteiger partial charge on any atom is 0.326 e. The molecular formula is C31H38N2O6S. The Morgan fingerprint density at radius 2 is 1.80 bits per heavy atom. The van der Waals surface area contributed by atoms with Crippen LogP contribution in [-0.2, 0) is 15.0 Å². The molecule has 1 amide bonds. The summed E-state index contributed by atoms with van der Waals surface area (Å²) in [7, 11) is -3.84.